The molecule has 0 amide bonds. The summed E-state index contributed by atoms with van der Waals surface area (Å²) in [5.74, 6) is 1.00. The first-order valence-electron chi connectivity index (χ1n) is 7.06. The smallest absolute Gasteiger partial charge is 0.143 e. The maximum absolute atomic E-state index is 4.87. The molecule has 1 heterocycles. The van der Waals surface area contributed by atoms with Gasteiger partial charge in [0.2, 0.25) is 0 Å². The highest BCUT2D eigenvalue weighted by atomic mass is 79.9. The van der Waals surface area contributed by atoms with Crippen molar-refractivity contribution in [2.24, 2.45) is 0 Å². The SMILES string of the molecule is CNc1ccccc1-c1nc2cc(Br)ccc2n1C(C)C. The first-order valence-corrected chi connectivity index (χ1v) is 7.85. The van der Waals surface area contributed by atoms with Crippen molar-refractivity contribution in [3.8, 4) is 11.4 Å². The number of nitrogens with zero attached hydrogens (tertiary/aromatic N) is 2. The fourth-order valence-corrected chi connectivity index (χ4v) is 3.03. The van der Waals surface area contributed by atoms with Crippen molar-refractivity contribution in [3.63, 3.8) is 0 Å². The van der Waals surface area contributed by atoms with E-state index in [1.54, 1.807) is 0 Å². The second kappa shape index (κ2) is 5.53. The molecule has 0 aliphatic heterocycles. The summed E-state index contributed by atoms with van der Waals surface area (Å²) in [5, 5.41) is 3.25. The van der Waals surface area contributed by atoms with Gasteiger partial charge in [0.05, 0.1) is 11.0 Å². The molecule has 0 saturated heterocycles. The molecule has 108 valence electrons. The van der Waals surface area contributed by atoms with Crippen LogP contribution in [-0.2, 0) is 0 Å². The minimum Gasteiger partial charge on any atom is -0.388 e. The number of benzene rings is 2. The van der Waals surface area contributed by atoms with Crippen molar-refractivity contribution in [1.82, 2.24) is 9.55 Å². The van der Waals surface area contributed by atoms with Crippen LogP contribution in [0.15, 0.2) is 46.9 Å². The zero-order valence-corrected chi connectivity index (χ0v) is 14.0. The minimum absolute atomic E-state index is 0.344. The van der Waals surface area contributed by atoms with E-state index >= 15 is 0 Å². The summed E-state index contributed by atoms with van der Waals surface area (Å²) in [4.78, 5) is 4.87. The van der Waals surface area contributed by atoms with Crippen LogP contribution in [0.2, 0.25) is 0 Å². The minimum atomic E-state index is 0.344. The molecule has 0 atom stereocenters. The topological polar surface area (TPSA) is 29.9 Å². The molecular formula is C17H18BrN3. The maximum atomic E-state index is 4.87. The molecule has 0 aliphatic carbocycles. The largest absolute Gasteiger partial charge is 0.388 e. The van der Waals surface area contributed by atoms with Crippen LogP contribution in [0.4, 0.5) is 5.69 Å². The number of halogens is 1. The normalized spacial score (nSPS) is 11.3. The molecule has 0 saturated carbocycles. The molecule has 1 aromatic heterocycles. The summed E-state index contributed by atoms with van der Waals surface area (Å²) in [5.41, 5.74) is 4.39. The summed E-state index contributed by atoms with van der Waals surface area (Å²) >= 11 is 3.53. The lowest BCUT2D eigenvalue weighted by Crippen LogP contribution is -2.04. The molecule has 3 rings (SSSR count). The van der Waals surface area contributed by atoms with Crippen LogP contribution < -0.4 is 5.32 Å². The van der Waals surface area contributed by atoms with E-state index in [1.165, 1.54) is 0 Å². The number of rotatable bonds is 3. The molecule has 0 radical (unpaired) electrons. The fourth-order valence-electron chi connectivity index (χ4n) is 2.68. The van der Waals surface area contributed by atoms with Gasteiger partial charge in [-0.1, -0.05) is 28.1 Å². The van der Waals surface area contributed by atoms with Gasteiger partial charge in [0, 0.05) is 28.8 Å². The average molecular weight is 344 g/mol. The van der Waals surface area contributed by atoms with Gasteiger partial charge in [-0.2, -0.15) is 0 Å². The second-order valence-electron chi connectivity index (χ2n) is 5.33. The molecule has 2 aromatic carbocycles. The zero-order chi connectivity index (χ0) is 15.0. The molecule has 21 heavy (non-hydrogen) atoms. The first kappa shape index (κ1) is 14.1. The second-order valence-corrected chi connectivity index (χ2v) is 6.24. The van der Waals surface area contributed by atoms with Gasteiger partial charge in [0.25, 0.3) is 0 Å². The molecule has 3 aromatic rings. The standard InChI is InChI=1S/C17H18BrN3/c1-11(2)21-16-9-8-12(18)10-15(16)20-17(21)13-6-4-5-7-14(13)19-3/h4-11,19H,1-3H3. The number of nitrogens with one attached hydrogen (secondary N) is 1. The van der Waals surface area contributed by atoms with E-state index in [-0.39, 0.29) is 0 Å². The third-order valence-electron chi connectivity index (χ3n) is 3.61. The molecule has 0 spiro atoms. The van der Waals surface area contributed by atoms with Gasteiger partial charge < -0.3 is 9.88 Å². The Hall–Kier alpha value is -1.81. The summed E-state index contributed by atoms with van der Waals surface area (Å²) < 4.78 is 3.34. The number of para-hydroxylation sites is 1. The Balaban J connectivity index is 2.33. The van der Waals surface area contributed by atoms with E-state index in [9.17, 15) is 0 Å². The molecule has 0 unspecified atom stereocenters. The number of hydrogen-bond donors (Lipinski definition) is 1. The lowest BCUT2D eigenvalue weighted by Gasteiger charge is -2.15. The average Bonchev–Trinajstić information content (AvgIpc) is 2.85. The highest BCUT2D eigenvalue weighted by Crippen LogP contribution is 2.33. The summed E-state index contributed by atoms with van der Waals surface area (Å²) in [6, 6.07) is 14.9. The third-order valence-corrected chi connectivity index (χ3v) is 4.10. The Bertz CT molecular complexity index is 790. The number of hydrogen-bond acceptors (Lipinski definition) is 2. The van der Waals surface area contributed by atoms with Crippen molar-refractivity contribution in [2.45, 2.75) is 19.9 Å². The number of anilines is 1. The van der Waals surface area contributed by atoms with E-state index in [4.69, 9.17) is 4.98 Å². The van der Waals surface area contributed by atoms with Crippen LogP contribution in [0.3, 0.4) is 0 Å². The number of fused-ring (bicyclic) bond motifs is 1. The monoisotopic (exact) mass is 343 g/mol. The van der Waals surface area contributed by atoms with Gasteiger partial charge in [-0.3, -0.25) is 0 Å². The fraction of sp³-hybridized carbons (Fsp3) is 0.235. The van der Waals surface area contributed by atoms with Crippen LogP contribution in [0, 0.1) is 0 Å². The molecule has 4 heteroatoms. The quantitative estimate of drug-likeness (QED) is 0.717. The van der Waals surface area contributed by atoms with E-state index in [0.29, 0.717) is 6.04 Å². The Morgan fingerprint density at radius 1 is 1.14 bits per heavy atom. The van der Waals surface area contributed by atoms with Crippen molar-refractivity contribution < 1.29 is 0 Å². The van der Waals surface area contributed by atoms with Gasteiger partial charge >= 0.3 is 0 Å². The highest BCUT2D eigenvalue weighted by molar-refractivity contribution is 9.10. The van der Waals surface area contributed by atoms with Gasteiger partial charge in [-0.05, 0) is 44.2 Å². The molecule has 3 nitrogen and oxygen atoms in total. The molecule has 0 fully saturated rings. The predicted molar refractivity (Wildman–Crippen MR) is 92.8 cm³/mol. The predicted octanol–water partition coefficient (Wildman–Crippen LogP) is 5.09. The third kappa shape index (κ3) is 2.44. The van der Waals surface area contributed by atoms with Crippen molar-refractivity contribution in [3.05, 3.63) is 46.9 Å². The Morgan fingerprint density at radius 3 is 2.62 bits per heavy atom. The van der Waals surface area contributed by atoms with Gasteiger partial charge in [-0.15, -0.1) is 0 Å². The summed E-state index contributed by atoms with van der Waals surface area (Å²) in [6.45, 7) is 4.38. The molecular weight excluding hydrogens is 326 g/mol. The maximum Gasteiger partial charge on any atom is 0.143 e. The van der Waals surface area contributed by atoms with Gasteiger partial charge in [0.1, 0.15) is 5.82 Å². The van der Waals surface area contributed by atoms with Gasteiger partial charge in [-0.25, -0.2) is 4.98 Å². The van der Waals surface area contributed by atoms with Crippen molar-refractivity contribution in [2.75, 3.05) is 12.4 Å². The first-order chi connectivity index (χ1) is 10.1. The van der Waals surface area contributed by atoms with Crippen LogP contribution >= 0.6 is 15.9 Å². The molecule has 0 aliphatic rings. The highest BCUT2D eigenvalue weighted by Gasteiger charge is 2.17. The Labute approximate surface area is 133 Å². The van der Waals surface area contributed by atoms with E-state index < -0.39 is 0 Å². The van der Waals surface area contributed by atoms with Crippen molar-refractivity contribution in [1.29, 1.82) is 0 Å². The Morgan fingerprint density at radius 2 is 1.90 bits per heavy atom. The molecule has 1 N–H and O–H groups in total. The number of aromatic nitrogens is 2. The van der Waals surface area contributed by atoms with Crippen LogP contribution in [0.5, 0.6) is 0 Å². The van der Waals surface area contributed by atoms with E-state index in [2.05, 4.69) is 76.1 Å². The van der Waals surface area contributed by atoms with E-state index in [1.807, 2.05) is 13.1 Å². The van der Waals surface area contributed by atoms with E-state index in [0.717, 1.165) is 32.6 Å². The lowest BCUT2D eigenvalue weighted by atomic mass is 10.1. The van der Waals surface area contributed by atoms with Crippen LogP contribution in [0.25, 0.3) is 22.4 Å². The van der Waals surface area contributed by atoms with Gasteiger partial charge in [0.15, 0.2) is 0 Å². The number of imidazole rings is 1. The van der Waals surface area contributed by atoms with Crippen LogP contribution in [0.1, 0.15) is 19.9 Å². The summed E-state index contributed by atoms with van der Waals surface area (Å²) in [7, 11) is 1.94. The van der Waals surface area contributed by atoms with Crippen molar-refractivity contribution >= 4 is 32.7 Å². The zero-order valence-electron chi connectivity index (χ0n) is 12.4. The van der Waals surface area contributed by atoms with Crippen LogP contribution in [-0.4, -0.2) is 16.6 Å². The lowest BCUT2D eigenvalue weighted by molar-refractivity contribution is 0.624. The summed E-state index contributed by atoms with van der Waals surface area (Å²) in [6.07, 6.45) is 0. The molecule has 0 bridgehead atoms. The Kier molecular flexibility index (Phi) is 3.72.